The summed E-state index contributed by atoms with van der Waals surface area (Å²) in [6.45, 7) is 3.40. The molecule has 31 heavy (non-hydrogen) atoms. The van der Waals surface area contributed by atoms with Crippen molar-refractivity contribution in [3.63, 3.8) is 0 Å². The van der Waals surface area contributed by atoms with Gasteiger partial charge in [-0.05, 0) is 19.1 Å². The Morgan fingerprint density at radius 2 is 1.74 bits per heavy atom. The second kappa shape index (κ2) is 11.2. The minimum atomic E-state index is -0.630. The van der Waals surface area contributed by atoms with Crippen LogP contribution in [0.3, 0.4) is 0 Å². The van der Waals surface area contributed by atoms with Crippen LogP contribution in [-0.4, -0.2) is 57.2 Å². The SMILES string of the molecule is CCN(C(C)=O)c1nc(COC(=O)CNC(=O)c2cc(OC)c(OC)c(OC)c2)cs1. The third kappa shape index (κ3) is 6.07. The normalized spacial score (nSPS) is 10.2. The molecule has 168 valence electrons. The highest BCUT2D eigenvalue weighted by Crippen LogP contribution is 2.38. The van der Waals surface area contributed by atoms with Gasteiger partial charge >= 0.3 is 5.97 Å². The summed E-state index contributed by atoms with van der Waals surface area (Å²) in [6, 6.07) is 2.96. The number of rotatable bonds is 10. The Kier molecular flexibility index (Phi) is 8.62. The fourth-order valence-electron chi connectivity index (χ4n) is 2.65. The van der Waals surface area contributed by atoms with E-state index in [0.29, 0.717) is 34.6 Å². The van der Waals surface area contributed by atoms with Crippen LogP contribution in [0.4, 0.5) is 5.13 Å². The number of nitrogens with zero attached hydrogens (tertiary/aromatic N) is 2. The van der Waals surface area contributed by atoms with Crippen molar-refractivity contribution in [3.05, 3.63) is 28.8 Å². The molecule has 0 atom stereocenters. The van der Waals surface area contributed by atoms with Crippen LogP contribution in [0.2, 0.25) is 0 Å². The number of benzene rings is 1. The van der Waals surface area contributed by atoms with Gasteiger partial charge in [-0.3, -0.25) is 19.3 Å². The van der Waals surface area contributed by atoms with Gasteiger partial charge < -0.3 is 24.3 Å². The first-order valence-electron chi connectivity index (χ1n) is 9.30. The lowest BCUT2D eigenvalue weighted by Crippen LogP contribution is -2.30. The van der Waals surface area contributed by atoms with Crippen molar-refractivity contribution >= 4 is 34.3 Å². The highest BCUT2D eigenvalue weighted by molar-refractivity contribution is 7.14. The topological polar surface area (TPSA) is 116 Å². The van der Waals surface area contributed by atoms with Crippen LogP contribution in [0.1, 0.15) is 29.9 Å². The Morgan fingerprint density at radius 1 is 1.10 bits per heavy atom. The van der Waals surface area contributed by atoms with Gasteiger partial charge in [-0.2, -0.15) is 0 Å². The van der Waals surface area contributed by atoms with E-state index in [2.05, 4.69) is 10.3 Å². The Labute approximate surface area is 184 Å². The predicted molar refractivity (Wildman–Crippen MR) is 114 cm³/mol. The third-order valence-corrected chi connectivity index (χ3v) is 5.08. The average Bonchev–Trinajstić information content (AvgIpc) is 3.23. The predicted octanol–water partition coefficient (Wildman–Crippen LogP) is 2.01. The molecule has 1 aromatic heterocycles. The van der Waals surface area contributed by atoms with E-state index in [0.717, 1.165) is 0 Å². The number of aromatic nitrogens is 1. The summed E-state index contributed by atoms with van der Waals surface area (Å²) in [5.41, 5.74) is 0.749. The van der Waals surface area contributed by atoms with Crippen molar-refractivity contribution < 1.29 is 33.3 Å². The van der Waals surface area contributed by atoms with E-state index in [1.807, 2.05) is 6.92 Å². The van der Waals surface area contributed by atoms with E-state index < -0.39 is 11.9 Å². The van der Waals surface area contributed by atoms with Crippen LogP contribution < -0.4 is 24.4 Å². The van der Waals surface area contributed by atoms with Crippen molar-refractivity contribution in [2.45, 2.75) is 20.5 Å². The standard InChI is InChI=1S/C20H25N3O7S/c1-6-23(12(2)24)20-22-14(11-31-20)10-30-17(25)9-21-19(26)13-7-15(27-3)18(29-5)16(8-13)28-4/h7-8,11H,6,9-10H2,1-5H3,(H,21,26). The number of nitrogens with one attached hydrogen (secondary N) is 1. The van der Waals surface area contributed by atoms with E-state index in [1.165, 1.54) is 56.6 Å². The lowest BCUT2D eigenvalue weighted by molar-refractivity contribution is -0.143. The van der Waals surface area contributed by atoms with Crippen LogP contribution in [0.25, 0.3) is 0 Å². The Bertz CT molecular complexity index is 920. The zero-order chi connectivity index (χ0) is 23.0. The highest BCUT2D eigenvalue weighted by Gasteiger charge is 2.18. The zero-order valence-corrected chi connectivity index (χ0v) is 18.8. The van der Waals surface area contributed by atoms with Crippen molar-refractivity contribution in [2.75, 3.05) is 39.3 Å². The zero-order valence-electron chi connectivity index (χ0n) is 18.0. The molecule has 2 rings (SSSR count). The number of carbonyl (C=O) groups is 3. The molecule has 2 amide bonds. The van der Waals surface area contributed by atoms with E-state index in [-0.39, 0.29) is 24.6 Å². The summed E-state index contributed by atoms with van der Waals surface area (Å²) in [7, 11) is 4.34. The summed E-state index contributed by atoms with van der Waals surface area (Å²) in [5, 5.41) is 4.74. The van der Waals surface area contributed by atoms with Crippen molar-refractivity contribution in [3.8, 4) is 17.2 Å². The molecule has 2 aromatic rings. The first-order chi connectivity index (χ1) is 14.8. The first-order valence-corrected chi connectivity index (χ1v) is 10.2. The van der Waals surface area contributed by atoms with Gasteiger partial charge in [0.05, 0.1) is 27.0 Å². The maximum atomic E-state index is 12.4. The smallest absolute Gasteiger partial charge is 0.325 e. The minimum absolute atomic E-state index is 0.0646. The number of esters is 1. The summed E-state index contributed by atoms with van der Waals surface area (Å²) in [6.07, 6.45) is 0. The summed E-state index contributed by atoms with van der Waals surface area (Å²) < 4.78 is 20.8. The van der Waals surface area contributed by atoms with E-state index in [4.69, 9.17) is 18.9 Å². The number of hydrogen-bond donors (Lipinski definition) is 1. The molecule has 0 saturated heterocycles. The van der Waals surface area contributed by atoms with Crippen LogP contribution in [0.15, 0.2) is 17.5 Å². The summed E-state index contributed by atoms with van der Waals surface area (Å²) in [5.74, 6) is -0.257. The fraction of sp³-hybridized carbons (Fsp3) is 0.400. The van der Waals surface area contributed by atoms with Gasteiger partial charge in [-0.25, -0.2) is 4.98 Å². The van der Waals surface area contributed by atoms with Gasteiger partial charge in [-0.1, -0.05) is 0 Å². The van der Waals surface area contributed by atoms with Crippen LogP contribution in [0.5, 0.6) is 17.2 Å². The molecule has 0 spiro atoms. The van der Waals surface area contributed by atoms with Gasteiger partial charge in [0.15, 0.2) is 16.6 Å². The molecule has 0 aliphatic carbocycles. The molecular weight excluding hydrogens is 426 g/mol. The Morgan fingerprint density at radius 3 is 2.26 bits per heavy atom. The lowest BCUT2D eigenvalue weighted by atomic mass is 10.1. The maximum Gasteiger partial charge on any atom is 0.325 e. The van der Waals surface area contributed by atoms with E-state index in [9.17, 15) is 14.4 Å². The number of methoxy groups -OCH3 is 3. The van der Waals surface area contributed by atoms with E-state index in [1.54, 1.807) is 5.38 Å². The number of amides is 2. The van der Waals surface area contributed by atoms with Crippen LogP contribution >= 0.6 is 11.3 Å². The molecule has 0 radical (unpaired) electrons. The molecule has 1 N–H and O–H groups in total. The van der Waals surface area contributed by atoms with Gasteiger partial charge in [0, 0.05) is 24.4 Å². The van der Waals surface area contributed by atoms with Crippen molar-refractivity contribution in [1.29, 1.82) is 0 Å². The fourth-order valence-corrected chi connectivity index (χ4v) is 3.57. The molecule has 0 unspecified atom stereocenters. The molecule has 0 aliphatic heterocycles. The number of hydrogen-bond acceptors (Lipinski definition) is 9. The summed E-state index contributed by atoms with van der Waals surface area (Å²) in [4.78, 5) is 41.8. The molecule has 0 saturated carbocycles. The Hall–Kier alpha value is -3.34. The van der Waals surface area contributed by atoms with Gasteiger partial charge in [-0.15, -0.1) is 11.3 Å². The van der Waals surface area contributed by atoms with Gasteiger partial charge in [0.2, 0.25) is 11.7 Å². The quantitative estimate of drug-likeness (QED) is 0.546. The van der Waals surface area contributed by atoms with Gasteiger partial charge in [0.1, 0.15) is 13.2 Å². The average molecular weight is 452 g/mol. The van der Waals surface area contributed by atoms with Crippen molar-refractivity contribution in [1.82, 2.24) is 10.3 Å². The number of carbonyl (C=O) groups excluding carboxylic acids is 3. The number of thiazole rings is 1. The molecule has 1 aromatic carbocycles. The molecule has 1 heterocycles. The number of ether oxygens (including phenoxy) is 4. The van der Waals surface area contributed by atoms with E-state index >= 15 is 0 Å². The monoisotopic (exact) mass is 451 g/mol. The molecule has 0 fully saturated rings. The third-order valence-electron chi connectivity index (χ3n) is 4.17. The largest absolute Gasteiger partial charge is 0.493 e. The number of anilines is 1. The van der Waals surface area contributed by atoms with Gasteiger partial charge in [0.25, 0.3) is 5.91 Å². The minimum Gasteiger partial charge on any atom is -0.493 e. The maximum absolute atomic E-state index is 12.4. The van der Waals surface area contributed by atoms with Crippen LogP contribution in [0, 0.1) is 0 Å². The summed E-state index contributed by atoms with van der Waals surface area (Å²) >= 11 is 1.29. The molecular formula is C20H25N3O7S. The van der Waals surface area contributed by atoms with Crippen LogP contribution in [-0.2, 0) is 20.9 Å². The molecule has 0 bridgehead atoms. The molecule has 0 aliphatic rings. The second-order valence-electron chi connectivity index (χ2n) is 6.14. The lowest BCUT2D eigenvalue weighted by Gasteiger charge is -2.14. The first kappa shape index (κ1) is 23.9. The molecule has 11 heteroatoms. The Balaban J connectivity index is 1.92. The second-order valence-corrected chi connectivity index (χ2v) is 6.98. The van der Waals surface area contributed by atoms with Crippen molar-refractivity contribution in [2.24, 2.45) is 0 Å². The highest BCUT2D eigenvalue weighted by atomic mass is 32.1. The molecule has 10 nitrogen and oxygen atoms in total.